The third-order valence-corrected chi connectivity index (χ3v) is 2.31. The van der Waals surface area contributed by atoms with E-state index in [9.17, 15) is 0 Å². The summed E-state index contributed by atoms with van der Waals surface area (Å²) in [5.74, 6) is 0.521. The van der Waals surface area contributed by atoms with Crippen LogP contribution < -0.4 is 10.2 Å². The van der Waals surface area contributed by atoms with E-state index in [0.717, 1.165) is 12.8 Å². The van der Waals surface area contributed by atoms with Crippen molar-refractivity contribution in [1.82, 2.24) is 4.98 Å². The molecule has 0 atom stereocenters. The van der Waals surface area contributed by atoms with Crippen LogP contribution in [0, 0.1) is 0 Å². The molecule has 1 aromatic rings. The van der Waals surface area contributed by atoms with E-state index in [1.165, 1.54) is 6.20 Å². The average molecular weight is 205 g/mol. The Morgan fingerprint density at radius 3 is 2.53 bits per heavy atom. The van der Waals surface area contributed by atoms with Gasteiger partial charge < -0.3 is 14.8 Å². The van der Waals surface area contributed by atoms with Crippen LogP contribution in [0.2, 0.25) is 0 Å². The Morgan fingerprint density at radius 1 is 1.27 bits per heavy atom. The van der Waals surface area contributed by atoms with Crippen LogP contribution in [0.1, 0.15) is 12.8 Å². The van der Waals surface area contributed by atoms with E-state index in [0.29, 0.717) is 11.3 Å². The summed E-state index contributed by atoms with van der Waals surface area (Å²) >= 11 is 0. The minimum Gasteiger partial charge on any atom is -0.474 e. The number of ether oxygens (including phenoxy) is 1. The highest BCUT2D eigenvalue weighted by atomic mass is 16.5. The third kappa shape index (κ3) is 2.58. The predicted octanol–water partition coefficient (Wildman–Crippen LogP) is -0.141. The molecule has 5 heteroatoms. The zero-order valence-corrected chi connectivity index (χ0v) is 8.21. The van der Waals surface area contributed by atoms with Crippen LogP contribution in [0.4, 0.5) is 0 Å². The fraction of sp³-hybridized carbons (Fsp3) is 0.300. The standard InChI is InChI=1S/C10H12BNO3/c13-11(14)8-5-6-10(12-7-8)15-9-3-1-2-4-9/h1-2,5-7,9,13-14H,3-4H2. The molecule has 0 spiro atoms. The Kier molecular flexibility index (Phi) is 3.04. The highest BCUT2D eigenvalue weighted by molar-refractivity contribution is 6.58. The van der Waals surface area contributed by atoms with Gasteiger partial charge >= 0.3 is 7.12 Å². The Morgan fingerprint density at radius 2 is 2.00 bits per heavy atom. The first-order chi connectivity index (χ1) is 7.25. The molecule has 0 aromatic carbocycles. The van der Waals surface area contributed by atoms with Crippen LogP contribution in [0.15, 0.2) is 30.5 Å². The van der Waals surface area contributed by atoms with Crippen molar-refractivity contribution in [3.63, 3.8) is 0 Å². The molecule has 1 aliphatic rings. The topological polar surface area (TPSA) is 62.6 Å². The van der Waals surface area contributed by atoms with Crippen molar-refractivity contribution < 1.29 is 14.8 Å². The van der Waals surface area contributed by atoms with E-state index in [2.05, 4.69) is 17.1 Å². The number of nitrogens with zero attached hydrogens (tertiary/aromatic N) is 1. The van der Waals surface area contributed by atoms with Crippen molar-refractivity contribution in [3.8, 4) is 5.88 Å². The Hall–Kier alpha value is -1.33. The minimum atomic E-state index is -1.47. The van der Waals surface area contributed by atoms with Crippen molar-refractivity contribution in [1.29, 1.82) is 0 Å². The maximum Gasteiger partial charge on any atom is 0.490 e. The zero-order chi connectivity index (χ0) is 10.7. The van der Waals surface area contributed by atoms with Crippen LogP contribution in [-0.4, -0.2) is 28.3 Å². The summed E-state index contributed by atoms with van der Waals surface area (Å²) in [4.78, 5) is 3.99. The van der Waals surface area contributed by atoms with E-state index in [1.807, 2.05) is 0 Å². The Bertz CT molecular complexity index is 342. The lowest BCUT2D eigenvalue weighted by atomic mass is 9.82. The monoisotopic (exact) mass is 205 g/mol. The number of pyridine rings is 1. The lowest BCUT2D eigenvalue weighted by Gasteiger charge is -2.11. The molecular formula is C10H12BNO3. The van der Waals surface area contributed by atoms with Gasteiger partial charge in [-0.1, -0.05) is 18.2 Å². The van der Waals surface area contributed by atoms with Gasteiger partial charge in [0.05, 0.1) is 0 Å². The number of hydrogen-bond donors (Lipinski definition) is 2. The van der Waals surface area contributed by atoms with Gasteiger partial charge in [0.25, 0.3) is 0 Å². The highest BCUT2D eigenvalue weighted by Crippen LogP contribution is 2.16. The molecule has 15 heavy (non-hydrogen) atoms. The molecule has 0 fully saturated rings. The summed E-state index contributed by atoms with van der Waals surface area (Å²) in [6, 6.07) is 3.24. The Labute approximate surface area is 88.4 Å². The number of aromatic nitrogens is 1. The van der Waals surface area contributed by atoms with Gasteiger partial charge in [0.2, 0.25) is 5.88 Å². The van der Waals surface area contributed by atoms with Gasteiger partial charge in [0.1, 0.15) is 6.10 Å². The van der Waals surface area contributed by atoms with Crippen LogP contribution >= 0.6 is 0 Å². The molecule has 1 aromatic heterocycles. The maximum atomic E-state index is 8.86. The molecular weight excluding hydrogens is 193 g/mol. The van der Waals surface area contributed by atoms with Crippen molar-refractivity contribution in [2.75, 3.05) is 0 Å². The fourth-order valence-electron chi connectivity index (χ4n) is 1.47. The quantitative estimate of drug-likeness (QED) is 0.532. The van der Waals surface area contributed by atoms with Crippen molar-refractivity contribution in [2.45, 2.75) is 18.9 Å². The smallest absolute Gasteiger partial charge is 0.474 e. The van der Waals surface area contributed by atoms with Gasteiger partial charge in [-0.15, -0.1) is 0 Å². The SMILES string of the molecule is OB(O)c1ccc(OC2CC=CC2)nc1. The number of rotatable bonds is 3. The summed E-state index contributed by atoms with van der Waals surface area (Å²) in [5.41, 5.74) is 0.367. The second-order valence-corrected chi connectivity index (χ2v) is 3.49. The fourth-order valence-corrected chi connectivity index (χ4v) is 1.47. The molecule has 0 aliphatic heterocycles. The van der Waals surface area contributed by atoms with E-state index in [4.69, 9.17) is 14.8 Å². The molecule has 1 aliphatic carbocycles. The van der Waals surface area contributed by atoms with Crippen LogP contribution in [0.3, 0.4) is 0 Å². The van der Waals surface area contributed by atoms with Gasteiger partial charge in [-0.2, -0.15) is 0 Å². The third-order valence-electron chi connectivity index (χ3n) is 2.31. The molecule has 1 heterocycles. The van der Waals surface area contributed by atoms with Gasteiger partial charge in [-0.05, 0) is 6.07 Å². The number of hydrogen-bond acceptors (Lipinski definition) is 4. The van der Waals surface area contributed by atoms with Crippen molar-refractivity contribution in [2.24, 2.45) is 0 Å². The zero-order valence-electron chi connectivity index (χ0n) is 8.21. The summed E-state index contributed by atoms with van der Waals surface area (Å²) in [6.07, 6.45) is 7.55. The summed E-state index contributed by atoms with van der Waals surface area (Å²) in [5, 5.41) is 17.7. The van der Waals surface area contributed by atoms with Gasteiger partial charge in [-0.3, -0.25) is 0 Å². The van der Waals surface area contributed by atoms with Gasteiger partial charge in [0, 0.05) is 24.5 Å². The van der Waals surface area contributed by atoms with Crippen molar-refractivity contribution >= 4 is 12.6 Å². The average Bonchev–Trinajstić information content (AvgIpc) is 2.71. The first-order valence-electron chi connectivity index (χ1n) is 4.89. The van der Waals surface area contributed by atoms with Crippen LogP contribution in [0.25, 0.3) is 0 Å². The molecule has 2 rings (SSSR count). The highest BCUT2D eigenvalue weighted by Gasteiger charge is 2.14. The largest absolute Gasteiger partial charge is 0.490 e. The molecule has 0 radical (unpaired) electrons. The van der Waals surface area contributed by atoms with Crippen molar-refractivity contribution in [3.05, 3.63) is 30.5 Å². The van der Waals surface area contributed by atoms with Crippen LogP contribution in [-0.2, 0) is 0 Å². The molecule has 0 saturated heterocycles. The van der Waals surface area contributed by atoms with E-state index in [-0.39, 0.29) is 6.10 Å². The summed E-state index contributed by atoms with van der Waals surface area (Å²) in [6.45, 7) is 0. The van der Waals surface area contributed by atoms with Gasteiger partial charge in [-0.25, -0.2) is 4.98 Å². The molecule has 78 valence electrons. The molecule has 4 nitrogen and oxygen atoms in total. The first-order valence-corrected chi connectivity index (χ1v) is 4.89. The summed E-state index contributed by atoms with van der Waals surface area (Å²) < 4.78 is 5.57. The normalized spacial score (nSPS) is 15.6. The minimum absolute atomic E-state index is 0.169. The second kappa shape index (κ2) is 4.46. The molecule has 2 N–H and O–H groups in total. The predicted molar refractivity (Wildman–Crippen MR) is 56.9 cm³/mol. The summed E-state index contributed by atoms with van der Waals surface area (Å²) in [7, 11) is -1.47. The molecule has 0 saturated carbocycles. The molecule has 0 amide bonds. The van der Waals surface area contributed by atoms with E-state index < -0.39 is 7.12 Å². The second-order valence-electron chi connectivity index (χ2n) is 3.49. The first kappa shape index (κ1) is 10.2. The maximum absolute atomic E-state index is 8.86. The van der Waals surface area contributed by atoms with Gasteiger partial charge in [0.15, 0.2) is 0 Å². The lowest BCUT2D eigenvalue weighted by Crippen LogP contribution is -2.30. The van der Waals surface area contributed by atoms with E-state index >= 15 is 0 Å². The van der Waals surface area contributed by atoms with Crippen LogP contribution in [0.5, 0.6) is 5.88 Å². The lowest BCUT2D eigenvalue weighted by molar-refractivity contribution is 0.208. The Balaban J connectivity index is 1.97. The molecule has 0 bridgehead atoms. The molecule has 0 unspecified atom stereocenters. The van der Waals surface area contributed by atoms with E-state index in [1.54, 1.807) is 12.1 Å².